The Kier molecular flexibility index (Phi) is 5.12. The summed E-state index contributed by atoms with van der Waals surface area (Å²) >= 11 is 1.49. The third-order valence-corrected chi connectivity index (χ3v) is 5.40. The van der Waals surface area contributed by atoms with Gasteiger partial charge in [0.15, 0.2) is 6.61 Å². The average Bonchev–Trinajstić information content (AvgIpc) is 3.21. The number of carbonyl (C=O) groups is 1. The van der Waals surface area contributed by atoms with E-state index in [1.807, 2.05) is 66.0 Å². The van der Waals surface area contributed by atoms with Crippen LogP contribution >= 0.6 is 11.3 Å². The smallest absolute Gasteiger partial charge is 0.262 e. The fraction of sp³-hybridized carbons (Fsp3) is 0.0435. The van der Waals surface area contributed by atoms with E-state index >= 15 is 0 Å². The van der Waals surface area contributed by atoms with Crippen molar-refractivity contribution in [1.29, 1.82) is 0 Å². The Balaban J connectivity index is 1.62. The Bertz CT molecular complexity index is 1330. The molecule has 0 fully saturated rings. The van der Waals surface area contributed by atoms with Gasteiger partial charge in [0.2, 0.25) is 4.80 Å². The van der Waals surface area contributed by atoms with Crippen molar-refractivity contribution in [3.8, 4) is 17.0 Å². The number of hydrogen-bond donors (Lipinski definition) is 1. The van der Waals surface area contributed by atoms with E-state index in [1.165, 1.54) is 11.3 Å². The molecule has 0 unspecified atom stereocenters. The molecule has 152 valence electrons. The van der Waals surface area contributed by atoms with Gasteiger partial charge in [-0.2, -0.15) is 5.10 Å². The normalized spacial score (nSPS) is 13.7. The van der Waals surface area contributed by atoms with Gasteiger partial charge in [-0.3, -0.25) is 9.78 Å². The predicted octanol–water partition coefficient (Wildman–Crippen LogP) is 4.06. The van der Waals surface area contributed by atoms with Crippen molar-refractivity contribution in [3.05, 3.63) is 88.8 Å². The van der Waals surface area contributed by atoms with Crippen LogP contribution < -0.4 is 14.9 Å². The van der Waals surface area contributed by atoms with Gasteiger partial charge in [0, 0.05) is 28.9 Å². The molecular formula is C23H17N5O2S. The van der Waals surface area contributed by atoms with Crippen molar-refractivity contribution in [3.63, 3.8) is 0 Å². The fourth-order valence-electron chi connectivity index (χ4n) is 3.12. The van der Waals surface area contributed by atoms with E-state index in [0.29, 0.717) is 11.4 Å². The molecule has 2 aromatic carbocycles. The lowest BCUT2D eigenvalue weighted by atomic mass is 10.1. The summed E-state index contributed by atoms with van der Waals surface area (Å²) in [5.74, 6) is 0.482. The summed E-state index contributed by atoms with van der Waals surface area (Å²) in [4.78, 5) is 21.3. The number of nitrogens with zero attached hydrogens (tertiary/aromatic N) is 4. The molecule has 5 rings (SSSR count). The molecule has 0 bridgehead atoms. The molecule has 0 atom stereocenters. The number of benzene rings is 2. The minimum Gasteiger partial charge on any atom is -0.482 e. The van der Waals surface area contributed by atoms with Crippen molar-refractivity contribution in [1.82, 2.24) is 9.66 Å². The van der Waals surface area contributed by atoms with Crippen molar-refractivity contribution in [2.24, 2.45) is 10.1 Å². The summed E-state index contributed by atoms with van der Waals surface area (Å²) in [5, 5.41) is 9.54. The maximum Gasteiger partial charge on any atom is 0.262 e. The molecule has 1 N–H and O–H groups in total. The Labute approximate surface area is 182 Å². The lowest BCUT2D eigenvalue weighted by Gasteiger charge is -2.18. The topological polar surface area (TPSA) is 80.9 Å². The third-order valence-electron chi connectivity index (χ3n) is 4.58. The van der Waals surface area contributed by atoms with E-state index in [-0.39, 0.29) is 12.5 Å². The quantitative estimate of drug-likeness (QED) is 0.499. The Morgan fingerprint density at radius 3 is 2.87 bits per heavy atom. The molecule has 2 aromatic heterocycles. The van der Waals surface area contributed by atoms with Gasteiger partial charge in [-0.25, -0.2) is 9.67 Å². The second-order valence-corrected chi connectivity index (χ2v) is 7.58. The molecule has 0 saturated heterocycles. The van der Waals surface area contributed by atoms with E-state index in [1.54, 1.807) is 23.3 Å². The van der Waals surface area contributed by atoms with Crippen molar-refractivity contribution >= 4 is 34.8 Å². The summed E-state index contributed by atoms with van der Waals surface area (Å²) in [6.45, 7) is 0.0281. The Hall–Kier alpha value is -4.04. The number of pyridine rings is 1. The van der Waals surface area contributed by atoms with Crippen LogP contribution in [-0.2, 0) is 4.79 Å². The highest BCUT2D eigenvalue weighted by atomic mass is 32.1. The molecule has 1 aliphatic heterocycles. The number of para-hydroxylation sites is 1. The highest BCUT2D eigenvalue weighted by Gasteiger charge is 2.17. The Morgan fingerprint density at radius 2 is 2.03 bits per heavy atom. The molecule has 7 nitrogen and oxygen atoms in total. The SMILES string of the molecule is O=C1COc2ccc(-c3csc(=Nc4ccccc4)n3N=Cc3cccnc3)cc2N1. The number of hydrogen-bond acceptors (Lipinski definition) is 6. The number of rotatable bonds is 4. The first kappa shape index (κ1) is 19.0. The molecule has 0 radical (unpaired) electrons. The molecule has 31 heavy (non-hydrogen) atoms. The van der Waals surface area contributed by atoms with Gasteiger partial charge < -0.3 is 10.1 Å². The van der Waals surface area contributed by atoms with Crippen molar-refractivity contribution in [2.75, 3.05) is 11.9 Å². The van der Waals surface area contributed by atoms with Gasteiger partial charge >= 0.3 is 0 Å². The second-order valence-electron chi connectivity index (χ2n) is 6.74. The van der Waals surface area contributed by atoms with E-state index in [4.69, 9.17) is 9.73 Å². The minimum atomic E-state index is -0.169. The zero-order chi connectivity index (χ0) is 21.0. The molecule has 3 heterocycles. The van der Waals surface area contributed by atoms with Gasteiger partial charge in [0.25, 0.3) is 5.91 Å². The number of anilines is 1. The highest BCUT2D eigenvalue weighted by Crippen LogP contribution is 2.33. The monoisotopic (exact) mass is 427 g/mol. The number of fused-ring (bicyclic) bond motifs is 1. The molecule has 0 aliphatic carbocycles. The van der Waals surface area contributed by atoms with Gasteiger partial charge in [0.1, 0.15) is 5.75 Å². The molecule has 1 amide bonds. The van der Waals surface area contributed by atoms with E-state index < -0.39 is 0 Å². The average molecular weight is 427 g/mol. The lowest BCUT2D eigenvalue weighted by Crippen LogP contribution is -2.25. The fourth-order valence-corrected chi connectivity index (χ4v) is 3.98. The maximum absolute atomic E-state index is 11.7. The van der Waals surface area contributed by atoms with Gasteiger partial charge in [-0.15, -0.1) is 11.3 Å². The molecule has 8 heteroatoms. The van der Waals surface area contributed by atoms with E-state index in [9.17, 15) is 4.79 Å². The second kappa shape index (κ2) is 8.37. The van der Waals surface area contributed by atoms with Crippen LogP contribution in [0.1, 0.15) is 5.56 Å². The molecule has 1 aliphatic rings. The highest BCUT2D eigenvalue weighted by molar-refractivity contribution is 7.07. The predicted molar refractivity (Wildman–Crippen MR) is 121 cm³/mol. The largest absolute Gasteiger partial charge is 0.482 e. The summed E-state index contributed by atoms with van der Waals surface area (Å²) in [5.41, 5.74) is 4.10. The van der Waals surface area contributed by atoms with Crippen LogP contribution in [-0.4, -0.2) is 28.4 Å². The van der Waals surface area contributed by atoms with Crippen LogP contribution in [0.4, 0.5) is 11.4 Å². The van der Waals surface area contributed by atoms with Crippen LogP contribution in [0.5, 0.6) is 5.75 Å². The summed E-state index contributed by atoms with van der Waals surface area (Å²) < 4.78 is 7.26. The summed E-state index contributed by atoms with van der Waals surface area (Å²) in [6.07, 6.45) is 5.21. The molecule has 4 aromatic rings. The van der Waals surface area contributed by atoms with Crippen molar-refractivity contribution < 1.29 is 9.53 Å². The van der Waals surface area contributed by atoms with Crippen LogP contribution in [0, 0.1) is 0 Å². The summed E-state index contributed by atoms with van der Waals surface area (Å²) in [7, 11) is 0. The van der Waals surface area contributed by atoms with Crippen LogP contribution in [0.25, 0.3) is 11.3 Å². The number of carbonyl (C=O) groups excluding carboxylic acids is 1. The van der Waals surface area contributed by atoms with Crippen molar-refractivity contribution in [2.45, 2.75) is 0 Å². The minimum absolute atomic E-state index is 0.0281. The van der Waals surface area contributed by atoms with E-state index in [0.717, 1.165) is 27.3 Å². The lowest BCUT2D eigenvalue weighted by molar-refractivity contribution is -0.118. The molecular weight excluding hydrogens is 410 g/mol. The summed E-state index contributed by atoms with van der Waals surface area (Å²) in [6, 6.07) is 19.2. The standard InChI is InChI=1S/C23H17N5O2S/c29-22-14-30-21-9-8-17(11-19(21)27-22)20-15-31-23(26-18-6-2-1-3-7-18)28(20)25-13-16-5-4-10-24-12-16/h1-13,15H,14H2,(H,27,29). The molecule has 0 saturated carbocycles. The van der Waals surface area contributed by atoms with Gasteiger partial charge in [-0.1, -0.05) is 24.3 Å². The zero-order valence-electron chi connectivity index (χ0n) is 16.3. The van der Waals surface area contributed by atoms with Gasteiger partial charge in [-0.05, 0) is 36.4 Å². The number of ether oxygens (including phenoxy) is 1. The van der Waals surface area contributed by atoms with Crippen LogP contribution in [0.15, 0.2) is 88.5 Å². The first-order chi connectivity index (χ1) is 15.3. The van der Waals surface area contributed by atoms with Crippen LogP contribution in [0.3, 0.4) is 0 Å². The zero-order valence-corrected chi connectivity index (χ0v) is 17.1. The number of thiazole rings is 1. The number of aromatic nitrogens is 2. The first-order valence-corrected chi connectivity index (χ1v) is 10.5. The molecule has 0 spiro atoms. The Morgan fingerprint density at radius 1 is 1.13 bits per heavy atom. The van der Waals surface area contributed by atoms with Gasteiger partial charge in [0.05, 0.1) is 23.3 Å². The third kappa shape index (κ3) is 4.15. The number of nitrogens with one attached hydrogen (secondary N) is 1. The number of amides is 1. The van der Waals surface area contributed by atoms with E-state index in [2.05, 4.69) is 15.4 Å². The first-order valence-electron chi connectivity index (χ1n) is 9.58. The maximum atomic E-state index is 11.7. The van der Waals surface area contributed by atoms with Crippen LogP contribution in [0.2, 0.25) is 0 Å².